The Balaban J connectivity index is 1.68. The number of hydrogen-bond donors (Lipinski definition) is 1. The Morgan fingerprint density at radius 1 is 1.32 bits per heavy atom. The number of rotatable bonds is 4. The summed E-state index contributed by atoms with van der Waals surface area (Å²) < 4.78 is 7.37. The SMILES string of the molecule is COc1cccc2ncnc(N3CCCC(n4cc(CO)nn4)C3)c12. The number of hydrogen-bond acceptors (Lipinski definition) is 7. The molecule has 0 aliphatic carbocycles. The van der Waals surface area contributed by atoms with E-state index in [4.69, 9.17) is 4.74 Å². The topological polar surface area (TPSA) is 89.2 Å². The number of fused-ring (bicyclic) bond motifs is 1. The highest BCUT2D eigenvalue weighted by atomic mass is 16.5. The van der Waals surface area contributed by atoms with Gasteiger partial charge >= 0.3 is 0 Å². The van der Waals surface area contributed by atoms with Gasteiger partial charge in [-0.1, -0.05) is 11.3 Å². The van der Waals surface area contributed by atoms with Crippen LogP contribution in [0.4, 0.5) is 5.82 Å². The minimum absolute atomic E-state index is 0.0931. The molecule has 1 aliphatic heterocycles. The Hall–Kier alpha value is -2.74. The maximum Gasteiger partial charge on any atom is 0.143 e. The monoisotopic (exact) mass is 340 g/mol. The van der Waals surface area contributed by atoms with Crippen LogP contribution in [0.2, 0.25) is 0 Å². The van der Waals surface area contributed by atoms with Crippen LogP contribution < -0.4 is 9.64 Å². The molecular formula is C17H20N6O2. The van der Waals surface area contributed by atoms with E-state index in [1.807, 2.05) is 29.1 Å². The molecule has 1 atom stereocenters. The standard InChI is InChI=1S/C17H20N6O2/c1-25-15-6-2-5-14-16(15)17(19-11-18-14)22-7-3-4-13(9-22)23-8-12(10-24)20-21-23/h2,5-6,8,11,13,24H,3-4,7,9-10H2,1H3. The van der Waals surface area contributed by atoms with E-state index < -0.39 is 0 Å². The molecule has 8 heteroatoms. The van der Waals surface area contributed by atoms with E-state index in [0.29, 0.717) is 5.69 Å². The van der Waals surface area contributed by atoms with Gasteiger partial charge in [-0.25, -0.2) is 14.6 Å². The lowest BCUT2D eigenvalue weighted by Gasteiger charge is -2.34. The first-order valence-electron chi connectivity index (χ1n) is 8.34. The second-order valence-corrected chi connectivity index (χ2v) is 6.14. The highest BCUT2D eigenvalue weighted by Gasteiger charge is 2.25. The number of benzene rings is 1. The smallest absolute Gasteiger partial charge is 0.143 e. The summed E-state index contributed by atoms with van der Waals surface area (Å²) in [5.41, 5.74) is 1.46. The summed E-state index contributed by atoms with van der Waals surface area (Å²) in [5, 5.41) is 18.3. The molecule has 2 aromatic heterocycles. The van der Waals surface area contributed by atoms with Crippen molar-refractivity contribution in [2.24, 2.45) is 0 Å². The Kier molecular flexibility index (Phi) is 4.19. The number of aliphatic hydroxyl groups is 1. The normalized spacial score (nSPS) is 17.8. The number of anilines is 1. The molecule has 3 heterocycles. The lowest BCUT2D eigenvalue weighted by molar-refractivity contribution is 0.276. The largest absolute Gasteiger partial charge is 0.496 e. The predicted molar refractivity (Wildman–Crippen MR) is 92.5 cm³/mol. The summed E-state index contributed by atoms with van der Waals surface area (Å²) in [6, 6.07) is 6.03. The Bertz CT molecular complexity index is 875. The van der Waals surface area contributed by atoms with Crippen LogP contribution >= 0.6 is 0 Å². The molecule has 1 aliphatic rings. The maximum atomic E-state index is 9.20. The number of piperidine rings is 1. The van der Waals surface area contributed by atoms with E-state index >= 15 is 0 Å². The first-order chi connectivity index (χ1) is 12.3. The van der Waals surface area contributed by atoms with Gasteiger partial charge in [-0.2, -0.15) is 0 Å². The third-order valence-corrected chi connectivity index (χ3v) is 4.61. The zero-order chi connectivity index (χ0) is 17.2. The van der Waals surface area contributed by atoms with Crippen LogP contribution in [0.5, 0.6) is 5.75 Å². The van der Waals surface area contributed by atoms with Crippen LogP contribution in [-0.4, -0.2) is 50.3 Å². The molecule has 1 fully saturated rings. The van der Waals surface area contributed by atoms with Crippen LogP contribution in [0, 0.1) is 0 Å². The summed E-state index contributed by atoms with van der Waals surface area (Å²) in [6.45, 7) is 1.60. The second kappa shape index (κ2) is 6.64. The molecule has 0 radical (unpaired) electrons. The summed E-state index contributed by atoms with van der Waals surface area (Å²) in [5.74, 6) is 1.66. The molecule has 25 heavy (non-hydrogen) atoms. The average molecular weight is 340 g/mol. The molecular weight excluding hydrogens is 320 g/mol. The van der Waals surface area contributed by atoms with Crippen molar-refractivity contribution in [3.05, 3.63) is 36.4 Å². The van der Waals surface area contributed by atoms with Gasteiger partial charge in [0.1, 0.15) is 23.6 Å². The molecule has 0 amide bonds. The summed E-state index contributed by atoms with van der Waals surface area (Å²) in [7, 11) is 1.66. The molecule has 1 N–H and O–H groups in total. The van der Waals surface area contributed by atoms with Gasteiger partial charge in [0.05, 0.1) is 36.9 Å². The summed E-state index contributed by atoms with van der Waals surface area (Å²) in [4.78, 5) is 11.2. The zero-order valence-corrected chi connectivity index (χ0v) is 14.0. The quantitative estimate of drug-likeness (QED) is 0.771. The minimum atomic E-state index is -0.0931. The van der Waals surface area contributed by atoms with Crippen molar-refractivity contribution < 1.29 is 9.84 Å². The van der Waals surface area contributed by atoms with E-state index in [1.165, 1.54) is 0 Å². The van der Waals surface area contributed by atoms with Gasteiger partial charge in [0.25, 0.3) is 0 Å². The van der Waals surface area contributed by atoms with E-state index in [2.05, 4.69) is 25.2 Å². The zero-order valence-electron chi connectivity index (χ0n) is 14.0. The lowest BCUT2D eigenvalue weighted by Crippen LogP contribution is -2.37. The van der Waals surface area contributed by atoms with Crippen molar-refractivity contribution in [3.63, 3.8) is 0 Å². The van der Waals surface area contributed by atoms with Crippen LogP contribution in [-0.2, 0) is 6.61 Å². The van der Waals surface area contributed by atoms with Crippen molar-refractivity contribution in [2.45, 2.75) is 25.5 Å². The third kappa shape index (κ3) is 2.89. The van der Waals surface area contributed by atoms with Crippen molar-refractivity contribution in [1.29, 1.82) is 0 Å². The highest BCUT2D eigenvalue weighted by Crippen LogP contribution is 2.34. The van der Waals surface area contributed by atoms with Crippen molar-refractivity contribution in [2.75, 3.05) is 25.1 Å². The summed E-state index contributed by atoms with van der Waals surface area (Å²) >= 11 is 0. The van der Waals surface area contributed by atoms with Crippen molar-refractivity contribution in [3.8, 4) is 5.75 Å². The molecule has 1 aromatic carbocycles. The second-order valence-electron chi connectivity index (χ2n) is 6.14. The number of methoxy groups -OCH3 is 1. The van der Waals surface area contributed by atoms with Gasteiger partial charge in [-0.05, 0) is 25.0 Å². The van der Waals surface area contributed by atoms with E-state index in [9.17, 15) is 5.11 Å². The van der Waals surface area contributed by atoms with Gasteiger partial charge in [-0.3, -0.25) is 0 Å². The maximum absolute atomic E-state index is 9.20. The van der Waals surface area contributed by atoms with Gasteiger partial charge in [0, 0.05) is 13.1 Å². The first kappa shape index (κ1) is 15.8. The molecule has 0 saturated carbocycles. The van der Waals surface area contributed by atoms with Crippen LogP contribution in [0.3, 0.4) is 0 Å². The minimum Gasteiger partial charge on any atom is -0.496 e. The van der Waals surface area contributed by atoms with E-state index in [-0.39, 0.29) is 12.6 Å². The summed E-state index contributed by atoms with van der Waals surface area (Å²) in [6.07, 6.45) is 5.46. The third-order valence-electron chi connectivity index (χ3n) is 4.61. The fourth-order valence-electron chi connectivity index (χ4n) is 3.40. The Labute approximate surface area is 145 Å². The molecule has 4 rings (SSSR count). The Morgan fingerprint density at radius 2 is 2.24 bits per heavy atom. The van der Waals surface area contributed by atoms with Crippen molar-refractivity contribution in [1.82, 2.24) is 25.0 Å². The van der Waals surface area contributed by atoms with Crippen LogP contribution in [0.15, 0.2) is 30.7 Å². The highest BCUT2D eigenvalue weighted by molar-refractivity contribution is 5.94. The van der Waals surface area contributed by atoms with Gasteiger partial charge in [0.2, 0.25) is 0 Å². The first-order valence-corrected chi connectivity index (χ1v) is 8.34. The fraction of sp³-hybridized carbons (Fsp3) is 0.412. The molecule has 1 unspecified atom stereocenters. The van der Waals surface area contributed by atoms with E-state index in [1.54, 1.807) is 13.4 Å². The predicted octanol–water partition coefficient (Wildman–Crippen LogP) is 1.56. The van der Waals surface area contributed by atoms with E-state index in [0.717, 1.165) is 48.4 Å². The molecule has 0 bridgehead atoms. The number of nitrogens with zero attached hydrogens (tertiary/aromatic N) is 6. The molecule has 0 spiro atoms. The molecule has 8 nitrogen and oxygen atoms in total. The van der Waals surface area contributed by atoms with Crippen molar-refractivity contribution >= 4 is 16.7 Å². The Morgan fingerprint density at radius 3 is 3.04 bits per heavy atom. The van der Waals surface area contributed by atoms with Gasteiger partial charge in [-0.15, -0.1) is 5.10 Å². The lowest BCUT2D eigenvalue weighted by atomic mass is 10.1. The molecule has 1 saturated heterocycles. The number of aromatic nitrogens is 5. The average Bonchev–Trinajstić information content (AvgIpc) is 3.16. The van der Waals surface area contributed by atoms with Crippen LogP contribution in [0.1, 0.15) is 24.6 Å². The fourth-order valence-corrected chi connectivity index (χ4v) is 3.40. The van der Waals surface area contributed by atoms with Crippen LogP contribution in [0.25, 0.3) is 10.9 Å². The molecule has 130 valence electrons. The number of aliphatic hydroxyl groups excluding tert-OH is 1. The van der Waals surface area contributed by atoms with Gasteiger partial charge in [0.15, 0.2) is 0 Å². The van der Waals surface area contributed by atoms with Gasteiger partial charge < -0.3 is 14.7 Å². The molecule has 3 aromatic rings. The number of ether oxygens (including phenoxy) is 1.